The third kappa shape index (κ3) is 2.61. The van der Waals surface area contributed by atoms with Crippen LogP contribution in [0.25, 0.3) is 10.9 Å². The molecular formula is C14H17F3N2. The second-order valence-electron chi connectivity index (χ2n) is 4.91. The fourth-order valence-corrected chi connectivity index (χ4v) is 2.42. The van der Waals surface area contributed by atoms with Crippen LogP contribution in [-0.4, -0.2) is 11.1 Å². The second-order valence-corrected chi connectivity index (χ2v) is 4.91. The summed E-state index contributed by atoms with van der Waals surface area (Å²) in [4.78, 5) is 0. The molecule has 1 aromatic heterocycles. The number of hydrogen-bond donors (Lipinski definition) is 1. The zero-order chi connectivity index (χ0) is 14.2. The lowest BCUT2D eigenvalue weighted by atomic mass is 10.1. The first-order valence-corrected chi connectivity index (χ1v) is 6.25. The largest absolute Gasteiger partial charge is 0.416 e. The van der Waals surface area contributed by atoms with Crippen molar-refractivity contribution >= 4 is 10.9 Å². The summed E-state index contributed by atoms with van der Waals surface area (Å²) >= 11 is 0. The molecule has 104 valence electrons. The van der Waals surface area contributed by atoms with Crippen LogP contribution >= 0.6 is 0 Å². The molecule has 0 saturated carbocycles. The lowest BCUT2D eigenvalue weighted by Crippen LogP contribution is -2.10. The highest BCUT2D eigenvalue weighted by Gasteiger charge is 2.30. The van der Waals surface area contributed by atoms with Crippen LogP contribution < -0.4 is 5.73 Å². The van der Waals surface area contributed by atoms with Crippen LogP contribution in [0.3, 0.4) is 0 Å². The Kier molecular flexibility index (Phi) is 3.58. The van der Waals surface area contributed by atoms with Gasteiger partial charge in [-0.05, 0) is 51.1 Å². The van der Waals surface area contributed by atoms with Crippen molar-refractivity contribution in [1.82, 2.24) is 4.57 Å². The number of alkyl halides is 3. The Labute approximate surface area is 110 Å². The molecule has 2 N–H and O–H groups in total. The molecule has 0 aliphatic rings. The van der Waals surface area contributed by atoms with Crippen LogP contribution in [0.2, 0.25) is 0 Å². The van der Waals surface area contributed by atoms with Gasteiger partial charge in [0.2, 0.25) is 0 Å². The average Bonchev–Trinajstić information content (AvgIpc) is 2.65. The first-order chi connectivity index (χ1) is 8.84. The Bertz CT molecular complexity index is 582. The normalized spacial score (nSPS) is 12.6. The zero-order valence-corrected chi connectivity index (χ0v) is 11.0. The van der Waals surface area contributed by atoms with E-state index in [0.29, 0.717) is 18.4 Å². The third-order valence-electron chi connectivity index (χ3n) is 3.16. The van der Waals surface area contributed by atoms with E-state index in [0.717, 1.165) is 17.3 Å². The minimum Gasteiger partial charge on any atom is -0.342 e. The van der Waals surface area contributed by atoms with Gasteiger partial charge in [0.15, 0.2) is 0 Å². The molecule has 19 heavy (non-hydrogen) atoms. The highest BCUT2D eigenvalue weighted by molar-refractivity contribution is 5.82. The molecule has 2 rings (SSSR count). The van der Waals surface area contributed by atoms with E-state index in [-0.39, 0.29) is 6.04 Å². The predicted molar refractivity (Wildman–Crippen MR) is 70.1 cm³/mol. The number of nitrogens with zero attached hydrogens (tertiary/aromatic N) is 1. The number of benzene rings is 1. The maximum absolute atomic E-state index is 12.7. The van der Waals surface area contributed by atoms with Crippen LogP contribution in [-0.2, 0) is 12.6 Å². The summed E-state index contributed by atoms with van der Waals surface area (Å²) in [6, 6.07) is 5.87. The van der Waals surface area contributed by atoms with Crippen LogP contribution in [0.5, 0.6) is 0 Å². The fourth-order valence-electron chi connectivity index (χ4n) is 2.42. The lowest BCUT2D eigenvalue weighted by molar-refractivity contribution is -0.137. The molecule has 5 heteroatoms. The van der Waals surface area contributed by atoms with Gasteiger partial charge in [0.25, 0.3) is 0 Å². The van der Waals surface area contributed by atoms with Crippen molar-refractivity contribution in [2.75, 3.05) is 6.54 Å². The van der Waals surface area contributed by atoms with Gasteiger partial charge >= 0.3 is 6.18 Å². The Morgan fingerprint density at radius 3 is 2.42 bits per heavy atom. The van der Waals surface area contributed by atoms with Crippen molar-refractivity contribution in [3.63, 3.8) is 0 Å². The van der Waals surface area contributed by atoms with Gasteiger partial charge in [-0.2, -0.15) is 13.2 Å². The molecule has 0 aliphatic carbocycles. The van der Waals surface area contributed by atoms with Crippen LogP contribution in [0, 0.1) is 0 Å². The van der Waals surface area contributed by atoms with Crippen molar-refractivity contribution in [3.8, 4) is 0 Å². The van der Waals surface area contributed by atoms with E-state index in [4.69, 9.17) is 5.73 Å². The van der Waals surface area contributed by atoms with Gasteiger partial charge < -0.3 is 10.3 Å². The average molecular weight is 270 g/mol. The van der Waals surface area contributed by atoms with E-state index in [2.05, 4.69) is 0 Å². The molecule has 0 spiro atoms. The van der Waals surface area contributed by atoms with Crippen molar-refractivity contribution in [2.24, 2.45) is 5.73 Å². The van der Waals surface area contributed by atoms with E-state index >= 15 is 0 Å². The fraction of sp³-hybridized carbons (Fsp3) is 0.429. The molecule has 0 atom stereocenters. The third-order valence-corrected chi connectivity index (χ3v) is 3.16. The molecule has 0 unspecified atom stereocenters. The van der Waals surface area contributed by atoms with Gasteiger partial charge in [-0.25, -0.2) is 0 Å². The summed E-state index contributed by atoms with van der Waals surface area (Å²) < 4.78 is 40.2. The van der Waals surface area contributed by atoms with Crippen LogP contribution in [0.4, 0.5) is 13.2 Å². The lowest BCUT2D eigenvalue weighted by Gasteiger charge is -2.14. The molecule has 0 amide bonds. The number of rotatable bonds is 3. The highest BCUT2D eigenvalue weighted by Crippen LogP contribution is 2.33. The maximum atomic E-state index is 12.7. The summed E-state index contributed by atoms with van der Waals surface area (Å²) in [7, 11) is 0. The van der Waals surface area contributed by atoms with E-state index < -0.39 is 11.7 Å². The molecule has 0 saturated heterocycles. The van der Waals surface area contributed by atoms with Gasteiger partial charge in [-0.15, -0.1) is 0 Å². The van der Waals surface area contributed by atoms with Gasteiger partial charge in [-0.1, -0.05) is 0 Å². The Balaban J connectivity index is 2.62. The van der Waals surface area contributed by atoms with Crippen LogP contribution in [0.1, 0.15) is 31.1 Å². The van der Waals surface area contributed by atoms with Gasteiger partial charge in [-0.3, -0.25) is 0 Å². The summed E-state index contributed by atoms with van der Waals surface area (Å²) in [5.41, 5.74) is 6.75. The van der Waals surface area contributed by atoms with E-state index in [9.17, 15) is 13.2 Å². The number of halogens is 3. The molecule has 0 radical (unpaired) electrons. The number of fused-ring (bicyclic) bond motifs is 1. The van der Waals surface area contributed by atoms with Crippen molar-refractivity contribution in [3.05, 3.63) is 35.5 Å². The van der Waals surface area contributed by atoms with Gasteiger partial charge in [0.05, 0.1) is 5.56 Å². The van der Waals surface area contributed by atoms with Gasteiger partial charge in [0.1, 0.15) is 0 Å². The number of aromatic nitrogens is 1. The maximum Gasteiger partial charge on any atom is 0.416 e. The monoisotopic (exact) mass is 270 g/mol. The quantitative estimate of drug-likeness (QED) is 0.905. The topological polar surface area (TPSA) is 30.9 Å². The minimum atomic E-state index is -4.30. The van der Waals surface area contributed by atoms with E-state index in [1.54, 1.807) is 6.07 Å². The number of nitrogens with two attached hydrogens (primary N) is 1. The smallest absolute Gasteiger partial charge is 0.342 e. The van der Waals surface area contributed by atoms with Crippen LogP contribution in [0.15, 0.2) is 24.3 Å². The molecule has 2 aromatic rings. The first kappa shape index (κ1) is 13.9. The van der Waals surface area contributed by atoms with E-state index in [1.165, 1.54) is 12.1 Å². The van der Waals surface area contributed by atoms with Crippen molar-refractivity contribution in [1.29, 1.82) is 0 Å². The minimum absolute atomic E-state index is 0.191. The molecule has 1 heterocycles. The zero-order valence-electron chi connectivity index (χ0n) is 11.0. The van der Waals surface area contributed by atoms with Gasteiger partial charge in [0, 0.05) is 22.6 Å². The Morgan fingerprint density at radius 2 is 1.89 bits per heavy atom. The molecule has 0 fully saturated rings. The standard InChI is InChI=1S/C14H17F3N2/c1-9(2)19-12(5-6-18)8-10-7-11(14(15,16)17)3-4-13(10)19/h3-4,7-9H,5-6,18H2,1-2H3. The Hall–Kier alpha value is -1.49. The van der Waals surface area contributed by atoms with Crippen molar-refractivity contribution in [2.45, 2.75) is 32.5 Å². The second kappa shape index (κ2) is 4.89. The summed E-state index contributed by atoms with van der Waals surface area (Å²) in [6.07, 6.45) is -3.64. The molecule has 0 bridgehead atoms. The molecular weight excluding hydrogens is 253 g/mol. The summed E-state index contributed by atoms with van der Waals surface area (Å²) in [5.74, 6) is 0. The summed E-state index contributed by atoms with van der Waals surface area (Å²) in [6.45, 7) is 4.50. The molecule has 0 aliphatic heterocycles. The predicted octanol–water partition coefficient (Wildman–Crippen LogP) is 3.74. The summed E-state index contributed by atoms with van der Waals surface area (Å²) in [5, 5.41) is 0.618. The molecule has 2 nitrogen and oxygen atoms in total. The molecule has 1 aromatic carbocycles. The SMILES string of the molecule is CC(C)n1c(CCN)cc2cc(C(F)(F)F)ccc21. The van der Waals surface area contributed by atoms with Crippen molar-refractivity contribution < 1.29 is 13.2 Å². The van der Waals surface area contributed by atoms with E-state index in [1.807, 2.05) is 18.4 Å². The Morgan fingerprint density at radius 1 is 1.21 bits per heavy atom. The number of hydrogen-bond acceptors (Lipinski definition) is 1. The first-order valence-electron chi connectivity index (χ1n) is 6.25. The highest BCUT2D eigenvalue weighted by atomic mass is 19.4.